The predicted octanol–water partition coefficient (Wildman–Crippen LogP) is 2.80. The van der Waals surface area contributed by atoms with Crippen LogP contribution < -0.4 is 4.74 Å². The summed E-state index contributed by atoms with van der Waals surface area (Å²) in [5, 5.41) is 9.39. The molecule has 1 aromatic heterocycles. The molecule has 6 nitrogen and oxygen atoms in total. The molecule has 0 saturated carbocycles. The van der Waals surface area contributed by atoms with E-state index >= 15 is 0 Å². The Bertz CT molecular complexity index is 828. The van der Waals surface area contributed by atoms with Gasteiger partial charge in [0.25, 0.3) is 0 Å². The van der Waals surface area contributed by atoms with Crippen molar-refractivity contribution in [3.63, 3.8) is 0 Å². The highest BCUT2D eigenvalue weighted by Gasteiger charge is 2.49. The van der Waals surface area contributed by atoms with E-state index in [0.717, 1.165) is 17.1 Å². The van der Waals surface area contributed by atoms with Crippen LogP contribution >= 0.6 is 0 Å². The van der Waals surface area contributed by atoms with Gasteiger partial charge in [0.1, 0.15) is 5.75 Å². The maximum Gasteiger partial charge on any atom is 0.407 e. The van der Waals surface area contributed by atoms with Crippen molar-refractivity contribution in [3.05, 3.63) is 48.3 Å². The number of fused-ring (bicyclic) bond motifs is 4. The number of carboxylic acid groups (broad SMARTS) is 1. The number of carbonyl (C=O) groups excluding carboxylic acids is 1. The lowest BCUT2D eigenvalue weighted by Gasteiger charge is -2.47. The first-order chi connectivity index (χ1) is 11.5. The third-order valence-corrected chi connectivity index (χ3v) is 5.02. The number of para-hydroxylation sites is 2. The number of nitrogens with zero attached hydrogens (tertiary/aromatic N) is 2. The molecule has 2 atom stereocenters. The van der Waals surface area contributed by atoms with Crippen LogP contribution in [0.2, 0.25) is 0 Å². The van der Waals surface area contributed by atoms with Crippen LogP contribution in [0.4, 0.5) is 4.79 Å². The minimum atomic E-state index is -1.06. The molecule has 124 valence electrons. The zero-order valence-electron chi connectivity index (χ0n) is 13.3. The number of carbonyl (C=O) groups is 2. The number of amides is 1. The molecule has 2 unspecified atom stereocenters. The molecule has 2 aliphatic rings. The number of Topliss-reactive ketones (excluding diaryl/α,β-unsaturated/α-hetero) is 1. The number of rotatable bonds is 1. The average molecular weight is 326 g/mol. The average Bonchev–Trinajstić information content (AvgIpc) is 3.05. The molecule has 1 spiro atoms. The number of benzene rings is 1. The SMILES string of the molecule is CC(=O)C1CC2(CCN1C(=O)O)Oc1ccccc1-n1cccc12. The van der Waals surface area contributed by atoms with Crippen molar-refractivity contribution in [2.24, 2.45) is 0 Å². The first kappa shape index (κ1) is 14.8. The highest BCUT2D eigenvalue weighted by atomic mass is 16.5. The van der Waals surface area contributed by atoms with Crippen LogP contribution in [0.15, 0.2) is 42.6 Å². The van der Waals surface area contributed by atoms with E-state index in [4.69, 9.17) is 4.74 Å². The van der Waals surface area contributed by atoms with E-state index < -0.39 is 17.7 Å². The summed E-state index contributed by atoms with van der Waals surface area (Å²) in [6.45, 7) is 1.71. The Hall–Kier alpha value is -2.76. The van der Waals surface area contributed by atoms with Gasteiger partial charge in [0, 0.05) is 25.6 Å². The zero-order chi connectivity index (χ0) is 16.9. The molecule has 2 aromatic rings. The number of hydrogen-bond acceptors (Lipinski definition) is 3. The van der Waals surface area contributed by atoms with E-state index in [1.165, 1.54) is 11.8 Å². The summed E-state index contributed by atoms with van der Waals surface area (Å²) in [5.74, 6) is 0.601. The molecule has 1 fully saturated rings. The largest absolute Gasteiger partial charge is 0.479 e. The summed E-state index contributed by atoms with van der Waals surface area (Å²) in [4.78, 5) is 24.8. The minimum absolute atomic E-state index is 0.156. The summed E-state index contributed by atoms with van der Waals surface area (Å²) >= 11 is 0. The van der Waals surface area contributed by atoms with Crippen molar-refractivity contribution in [1.82, 2.24) is 9.47 Å². The number of ketones is 1. The van der Waals surface area contributed by atoms with Gasteiger partial charge in [-0.05, 0) is 31.2 Å². The maximum absolute atomic E-state index is 12.1. The molecule has 1 N–H and O–H groups in total. The molecule has 0 radical (unpaired) electrons. The van der Waals surface area contributed by atoms with Gasteiger partial charge in [0.2, 0.25) is 0 Å². The predicted molar refractivity (Wildman–Crippen MR) is 86.5 cm³/mol. The fourth-order valence-electron chi connectivity index (χ4n) is 3.87. The van der Waals surface area contributed by atoms with Crippen molar-refractivity contribution in [2.45, 2.75) is 31.4 Å². The van der Waals surface area contributed by atoms with Crippen molar-refractivity contribution < 1.29 is 19.4 Å². The van der Waals surface area contributed by atoms with Crippen LogP contribution in [0.5, 0.6) is 5.75 Å². The van der Waals surface area contributed by atoms with Crippen LogP contribution in [-0.4, -0.2) is 39.0 Å². The highest BCUT2D eigenvalue weighted by Crippen LogP contribution is 2.46. The lowest BCUT2D eigenvalue weighted by Crippen LogP contribution is -2.56. The van der Waals surface area contributed by atoms with Crippen LogP contribution in [0.1, 0.15) is 25.5 Å². The van der Waals surface area contributed by atoms with Crippen molar-refractivity contribution in [1.29, 1.82) is 0 Å². The third kappa shape index (κ3) is 2.02. The van der Waals surface area contributed by atoms with Gasteiger partial charge in [0.15, 0.2) is 11.4 Å². The van der Waals surface area contributed by atoms with Crippen molar-refractivity contribution in [3.8, 4) is 11.4 Å². The van der Waals surface area contributed by atoms with Gasteiger partial charge in [-0.1, -0.05) is 12.1 Å². The van der Waals surface area contributed by atoms with Gasteiger partial charge in [-0.15, -0.1) is 0 Å². The van der Waals surface area contributed by atoms with Crippen molar-refractivity contribution >= 4 is 11.9 Å². The van der Waals surface area contributed by atoms with Crippen LogP contribution in [0.25, 0.3) is 5.69 Å². The number of likely N-dealkylation sites (tertiary alicyclic amines) is 1. The summed E-state index contributed by atoms with van der Waals surface area (Å²) in [6, 6.07) is 11.0. The Balaban J connectivity index is 1.80. The van der Waals surface area contributed by atoms with Crippen molar-refractivity contribution in [2.75, 3.05) is 6.54 Å². The second-order valence-electron chi connectivity index (χ2n) is 6.38. The summed E-state index contributed by atoms with van der Waals surface area (Å²) in [6.07, 6.45) is 1.76. The van der Waals surface area contributed by atoms with E-state index in [1.807, 2.05) is 42.6 Å². The molecule has 6 heteroatoms. The van der Waals surface area contributed by atoms with E-state index in [2.05, 4.69) is 4.57 Å². The highest BCUT2D eigenvalue weighted by molar-refractivity contribution is 5.85. The fourth-order valence-corrected chi connectivity index (χ4v) is 3.87. The molecule has 2 aliphatic heterocycles. The Morgan fingerprint density at radius 2 is 2.04 bits per heavy atom. The second kappa shape index (κ2) is 5.12. The monoisotopic (exact) mass is 326 g/mol. The fraction of sp³-hybridized carbons (Fsp3) is 0.333. The summed E-state index contributed by atoms with van der Waals surface area (Å²) in [7, 11) is 0. The Morgan fingerprint density at radius 1 is 1.25 bits per heavy atom. The molecule has 1 aromatic carbocycles. The molecule has 1 saturated heterocycles. The van der Waals surface area contributed by atoms with Gasteiger partial charge in [0.05, 0.1) is 17.4 Å². The van der Waals surface area contributed by atoms with Crippen LogP contribution in [-0.2, 0) is 10.4 Å². The molecule has 1 amide bonds. The summed E-state index contributed by atoms with van der Waals surface area (Å²) in [5.41, 5.74) is 1.25. The topological polar surface area (TPSA) is 71.8 Å². The minimum Gasteiger partial charge on any atom is -0.479 e. The zero-order valence-corrected chi connectivity index (χ0v) is 13.3. The first-order valence-corrected chi connectivity index (χ1v) is 7.98. The van der Waals surface area contributed by atoms with E-state index in [-0.39, 0.29) is 12.3 Å². The molecule has 3 heterocycles. The standard InChI is InChI=1S/C18H18N2O4/c1-12(21)14-11-18(8-10-20(14)17(22)23)16-7-4-9-19(16)13-5-2-3-6-15(13)24-18/h2-7,9,14H,8,10-11H2,1H3,(H,22,23). The molecular weight excluding hydrogens is 308 g/mol. The molecule has 4 rings (SSSR count). The Morgan fingerprint density at radius 3 is 2.79 bits per heavy atom. The van der Waals surface area contributed by atoms with E-state index in [0.29, 0.717) is 12.8 Å². The summed E-state index contributed by atoms with van der Waals surface area (Å²) < 4.78 is 8.44. The van der Waals surface area contributed by atoms with Gasteiger partial charge in [-0.25, -0.2) is 4.79 Å². The number of ether oxygens (including phenoxy) is 1. The third-order valence-electron chi connectivity index (χ3n) is 5.02. The second-order valence-corrected chi connectivity index (χ2v) is 6.38. The number of piperidine rings is 1. The smallest absolute Gasteiger partial charge is 0.407 e. The van der Waals surface area contributed by atoms with E-state index in [9.17, 15) is 14.7 Å². The van der Waals surface area contributed by atoms with Gasteiger partial charge in [-0.3, -0.25) is 9.69 Å². The van der Waals surface area contributed by atoms with E-state index in [1.54, 1.807) is 0 Å². The lowest BCUT2D eigenvalue weighted by atomic mass is 9.81. The molecule has 0 bridgehead atoms. The van der Waals surface area contributed by atoms with Crippen LogP contribution in [0, 0.1) is 0 Å². The molecular formula is C18H18N2O4. The number of hydrogen-bond donors (Lipinski definition) is 1. The Labute approximate surface area is 139 Å². The molecule has 0 aliphatic carbocycles. The normalized spacial score (nSPS) is 24.9. The Kier molecular flexibility index (Phi) is 3.16. The van der Waals surface area contributed by atoms with Gasteiger partial charge < -0.3 is 14.4 Å². The molecule has 24 heavy (non-hydrogen) atoms. The van der Waals surface area contributed by atoms with Gasteiger partial charge >= 0.3 is 6.09 Å². The lowest BCUT2D eigenvalue weighted by molar-refractivity contribution is -0.127. The maximum atomic E-state index is 12.1. The van der Waals surface area contributed by atoms with Crippen LogP contribution in [0.3, 0.4) is 0 Å². The number of aromatic nitrogens is 1. The first-order valence-electron chi connectivity index (χ1n) is 7.98. The quantitative estimate of drug-likeness (QED) is 0.875. The van der Waals surface area contributed by atoms with Gasteiger partial charge in [-0.2, -0.15) is 0 Å².